The molecule has 150 valence electrons. The van der Waals surface area contributed by atoms with Crippen molar-refractivity contribution in [3.63, 3.8) is 0 Å². The van der Waals surface area contributed by atoms with E-state index in [1.165, 1.54) is 12.1 Å². The molecule has 8 heteroatoms. The van der Waals surface area contributed by atoms with Gasteiger partial charge in [-0.2, -0.15) is 0 Å². The average Bonchev–Trinajstić information content (AvgIpc) is 2.69. The summed E-state index contributed by atoms with van der Waals surface area (Å²) in [7, 11) is -3.82. The van der Waals surface area contributed by atoms with Gasteiger partial charge >= 0.3 is 0 Å². The van der Waals surface area contributed by atoms with Crippen molar-refractivity contribution < 1.29 is 22.3 Å². The van der Waals surface area contributed by atoms with Crippen LogP contribution in [-0.2, 0) is 14.8 Å². The summed E-state index contributed by atoms with van der Waals surface area (Å²) >= 11 is 0. The number of nitrogens with zero attached hydrogens (tertiary/aromatic N) is 1. The van der Waals surface area contributed by atoms with Gasteiger partial charge in [0.1, 0.15) is 5.82 Å². The molecule has 6 nitrogen and oxygen atoms in total. The molecule has 28 heavy (non-hydrogen) atoms. The maximum atomic E-state index is 13.0. The van der Waals surface area contributed by atoms with Crippen molar-refractivity contribution in [3.05, 3.63) is 59.9 Å². The minimum atomic E-state index is -3.82. The molecule has 1 N–H and O–H groups in total. The Labute approximate surface area is 164 Å². The van der Waals surface area contributed by atoms with Crippen LogP contribution in [0.15, 0.2) is 53.4 Å². The summed E-state index contributed by atoms with van der Waals surface area (Å²) in [6.45, 7) is 3.92. The number of anilines is 1. The van der Waals surface area contributed by atoms with E-state index in [2.05, 4.69) is 4.72 Å². The van der Waals surface area contributed by atoms with Gasteiger partial charge in [0.15, 0.2) is 0 Å². The zero-order valence-electron chi connectivity index (χ0n) is 15.6. The van der Waals surface area contributed by atoms with Gasteiger partial charge in [0.05, 0.1) is 11.0 Å². The zero-order chi connectivity index (χ0) is 20.1. The van der Waals surface area contributed by atoms with Crippen LogP contribution in [0, 0.1) is 5.82 Å². The van der Waals surface area contributed by atoms with Crippen molar-refractivity contribution in [2.24, 2.45) is 0 Å². The Balaban J connectivity index is 1.63. The van der Waals surface area contributed by atoms with Crippen molar-refractivity contribution in [1.29, 1.82) is 0 Å². The SMILES string of the molecule is CCOC1CCN(C(=O)c2ccc(NS(=O)(=O)c3ccc(F)cc3)cc2)CC1. The topological polar surface area (TPSA) is 75.7 Å². The van der Waals surface area contributed by atoms with Gasteiger partial charge in [0, 0.05) is 30.9 Å². The van der Waals surface area contributed by atoms with Crippen LogP contribution >= 0.6 is 0 Å². The normalized spacial score (nSPS) is 15.4. The lowest BCUT2D eigenvalue weighted by Gasteiger charge is -2.31. The third kappa shape index (κ3) is 4.88. The highest BCUT2D eigenvalue weighted by Gasteiger charge is 2.24. The Hall–Kier alpha value is -2.45. The summed E-state index contributed by atoms with van der Waals surface area (Å²) in [6.07, 6.45) is 1.84. The molecule has 1 amide bonds. The second-order valence-electron chi connectivity index (χ2n) is 6.58. The van der Waals surface area contributed by atoms with Gasteiger partial charge in [-0.1, -0.05) is 0 Å². The highest BCUT2D eigenvalue weighted by molar-refractivity contribution is 7.92. The van der Waals surface area contributed by atoms with Gasteiger partial charge in [0.2, 0.25) is 0 Å². The number of likely N-dealkylation sites (tertiary alicyclic amines) is 1. The Morgan fingerprint density at radius 2 is 1.71 bits per heavy atom. The number of nitrogens with one attached hydrogen (secondary N) is 1. The molecule has 0 bridgehead atoms. The minimum absolute atomic E-state index is 0.0359. The first kappa shape index (κ1) is 20.3. The summed E-state index contributed by atoms with van der Waals surface area (Å²) in [6, 6.07) is 10.8. The van der Waals surface area contributed by atoms with E-state index in [-0.39, 0.29) is 16.9 Å². The Morgan fingerprint density at radius 1 is 1.11 bits per heavy atom. The van der Waals surface area contributed by atoms with Gasteiger partial charge in [-0.15, -0.1) is 0 Å². The molecule has 0 spiro atoms. The van der Waals surface area contributed by atoms with Crippen molar-refractivity contribution >= 4 is 21.6 Å². The number of hydrogen-bond acceptors (Lipinski definition) is 4. The van der Waals surface area contributed by atoms with E-state index < -0.39 is 15.8 Å². The fourth-order valence-corrected chi connectivity index (χ4v) is 4.21. The molecule has 1 aliphatic heterocycles. The van der Waals surface area contributed by atoms with E-state index in [4.69, 9.17) is 4.74 Å². The van der Waals surface area contributed by atoms with Crippen LogP contribution in [0.5, 0.6) is 0 Å². The van der Waals surface area contributed by atoms with Crippen LogP contribution < -0.4 is 4.72 Å². The first-order chi connectivity index (χ1) is 13.4. The molecule has 0 aliphatic carbocycles. The molecular weight excluding hydrogens is 383 g/mol. The molecule has 1 heterocycles. The summed E-state index contributed by atoms with van der Waals surface area (Å²) < 4.78 is 45.7. The van der Waals surface area contributed by atoms with Crippen molar-refractivity contribution in [2.75, 3.05) is 24.4 Å². The molecule has 2 aromatic rings. The van der Waals surface area contributed by atoms with Crippen molar-refractivity contribution in [3.8, 4) is 0 Å². The van der Waals surface area contributed by atoms with Crippen LogP contribution in [-0.4, -0.2) is 45.0 Å². The highest BCUT2D eigenvalue weighted by atomic mass is 32.2. The molecule has 0 aromatic heterocycles. The number of benzene rings is 2. The number of carbonyl (C=O) groups is 1. The van der Waals surface area contributed by atoms with E-state index in [0.29, 0.717) is 30.9 Å². The zero-order valence-corrected chi connectivity index (χ0v) is 16.4. The third-order valence-electron chi connectivity index (χ3n) is 4.64. The lowest BCUT2D eigenvalue weighted by molar-refractivity contribution is 0.0146. The van der Waals surface area contributed by atoms with Gasteiger partial charge in [0.25, 0.3) is 15.9 Å². The molecule has 3 rings (SSSR count). The molecule has 1 fully saturated rings. The van der Waals surface area contributed by atoms with Crippen LogP contribution in [0.2, 0.25) is 0 Å². The lowest BCUT2D eigenvalue weighted by atomic mass is 10.1. The fraction of sp³-hybridized carbons (Fsp3) is 0.350. The number of carbonyl (C=O) groups excluding carboxylic acids is 1. The Kier molecular flexibility index (Phi) is 6.31. The van der Waals surface area contributed by atoms with Crippen LogP contribution in [0.25, 0.3) is 0 Å². The molecule has 0 saturated carbocycles. The predicted molar refractivity (Wildman–Crippen MR) is 104 cm³/mol. The Bertz CT molecular complexity index is 906. The smallest absolute Gasteiger partial charge is 0.261 e. The number of amides is 1. The number of hydrogen-bond donors (Lipinski definition) is 1. The van der Waals surface area contributed by atoms with E-state index in [9.17, 15) is 17.6 Å². The number of piperidine rings is 1. The molecule has 2 aromatic carbocycles. The maximum absolute atomic E-state index is 13.0. The molecular formula is C20H23FN2O4S. The van der Waals surface area contributed by atoms with E-state index >= 15 is 0 Å². The second-order valence-corrected chi connectivity index (χ2v) is 8.27. The monoisotopic (exact) mass is 406 g/mol. The predicted octanol–water partition coefficient (Wildman–Crippen LogP) is 3.27. The lowest BCUT2D eigenvalue weighted by Crippen LogP contribution is -2.40. The summed E-state index contributed by atoms with van der Waals surface area (Å²) in [4.78, 5) is 14.4. The standard InChI is InChI=1S/C20H23FN2O4S/c1-2-27-18-11-13-23(14-12-18)20(24)15-3-7-17(8-4-15)22-28(25,26)19-9-5-16(21)6-10-19/h3-10,18,22H,2,11-14H2,1H3. The quantitative estimate of drug-likeness (QED) is 0.799. The number of ether oxygens (including phenoxy) is 1. The number of rotatable bonds is 6. The van der Waals surface area contributed by atoms with E-state index in [0.717, 1.165) is 25.0 Å². The molecule has 0 atom stereocenters. The second kappa shape index (κ2) is 8.70. The fourth-order valence-electron chi connectivity index (χ4n) is 3.15. The van der Waals surface area contributed by atoms with E-state index in [1.54, 1.807) is 29.2 Å². The molecule has 0 unspecified atom stereocenters. The van der Waals surface area contributed by atoms with Crippen molar-refractivity contribution in [2.45, 2.75) is 30.8 Å². The summed E-state index contributed by atoms with van der Waals surface area (Å²) in [5, 5.41) is 0. The molecule has 1 aliphatic rings. The van der Waals surface area contributed by atoms with Crippen molar-refractivity contribution in [1.82, 2.24) is 4.90 Å². The Morgan fingerprint density at radius 3 is 2.29 bits per heavy atom. The maximum Gasteiger partial charge on any atom is 0.261 e. The van der Waals surface area contributed by atoms with Crippen LogP contribution in [0.3, 0.4) is 0 Å². The van der Waals surface area contributed by atoms with Crippen LogP contribution in [0.4, 0.5) is 10.1 Å². The van der Waals surface area contributed by atoms with Gasteiger partial charge in [-0.05, 0) is 68.3 Å². The number of sulfonamides is 1. The van der Waals surface area contributed by atoms with Gasteiger partial charge in [-0.3, -0.25) is 9.52 Å². The average molecular weight is 406 g/mol. The molecule has 1 saturated heterocycles. The van der Waals surface area contributed by atoms with Gasteiger partial charge < -0.3 is 9.64 Å². The first-order valence-corrected chi connectivity index (χ1v) is 10.7. The summed E-state index contributed by atoms with van der Waals surface area (Å²) in [5.74, 6) is -0.588. The number of halogens is 1. The first-order valence-electron chi connectivity index (χ1n) is 9.18. The third-order valence-corrected chi connectivity index (χ3v) is 6.04. The molecule has 0 radical (unpaired) electrons. The summed E-state index contributed by atoms with van der Waals surface area (Å²) in [5.41, 5.74) is 0.829. The van der Waals surface area contributed by atoms with Crippen LogP contribution in [0.1, 0.15) is 30.1 Å². The largest absolute Gasteiger partial charge is 0.378 e. The highest BCUT2D eigenvalue weighted by Crippen LogP contribution is 2.20. The minimum Gasteiger partial charge on any atom is -0.378 e. The van der Waals surface area contributed by atoms with E-state index in [1.807, 2.05) is 6.92 Å². The van der Waals surface area contributed by atoms with Gasteiger partial charge in [-0.25, -0.2) is 12.8 Å².